The number of morpholine rings is 1. The molecule has 15 heavy (non-hydrogen) atoms. The van der Waals surface area contributed by atoms with Crippen LogP contribution in [0.3, 0.4) is 0 Å². The summed E-state index contributed by atoms with van der Waals surface area (Å²) in [4.78, 5) is 2.46. The third kappa shape index (κ3) is 4.32. The van der Waals surface area contributed by atoms with Gasteiger partial charge in [-0.1, -0.05) is 0 Å². The van der Waals surface area contributed by atoms with Crippen molar-refractivity contribution in [2.75, 3.05) is 26.3 Å². The number of benzene rings is 1. The molecule has 0 radical (unpaired) electrons. The van der Waals surface area contributed by atoms with Crippen molar-refractivity contribution in [3.8, 4) is 0 Å². The first kappa shape index (κ1) is 13.3. The Balaban J connectivity index is 0.00000112. The number of rotatable bonds is 2. The van der Waals surface area contributed by atoms with Crippen molar-refractivity contribution in [2.24, 2.45) is 0 Å². The topological polar surface area (TPSA) is 12.5 Å². The van der Waals surface area contributed by atoms with Gasteiger partial charge in [0.2, 0.25) is 0 Å². The molecular formula is C11H15BrNOZn. The monoisotopic (exact) mass is 320 g/mol. The van der Waals surface area contributed by atoms with Crippen molar-refractivity contribution in [1.29, 1.82) is 0 Å². The minimum atomic E-state index is 0. The van der Waals surface area contributed by atoms with Crippen LogP contribution in [0.1, 0.15) is 5.56 Å². The Morgan fingerprint density at radius 1 is 1.27 bits per heavy atom. The van der Waals surface area contributed by atoms with E-state index in [-0.39, 0.29) is 17.0 Å². The van der Waals surface area contributed by atoms with Gasteiger partial charge in [-0.25, -0.2) is 0 Å². The summed E-state index contributed by atoms with van der Waals surface area (Å²) in [6.45, 7) is 5.00. The fourth-order valence-corrected chi connectivity index (χ4v) is 2.58. The molecule has 1 aromatic carbocycles. The van der Waals surface area contributed by atoms with Crippen LogP contribution < -0.4 is 4.16 Å². The molecule has 0 unspecified atom stereocenters. The number of hydrogen-bond donors (Lipinski definition) is 0. The SMILES string of the molecule is Br.[Zn][c]1cccc(CN2CCOCC2)c1. The van der Waals surface area contributed by atoms with E-state index in [2.05, 4.69) is 29.2 Å². The van der Waals surface area contributed by atoms with Crippen LogP contribution in [-0.2, 0) is 29.6 Å². The Labute approximate surface area is 111 Å². The van der Waals surface area contributed by atoms with Crippen LogP contribution in [0.15, 0.2) is 24.3 Å². The van der Waals surface area contributed by atoms with Crippen LogP contribution in [0.5, 0.6) is 0 Å². The summed E-state index contributed by atoms with van der Waals surface area (Å²) >= 11 is 1.25. The summed E-state index contributed by atoms with van der Waals surface area (Å²) in [7, 11) is 0. The van der Waals surface area contributed by atoms with Gasteiger partial charge >= 0.3 is 94.8 Å². The van der Waals surface area contributed by atoms with E-state index in [9.17, 15) is 0 Å². The van der Waals surface area contributed by atoms with E-state index in [1.54, 1.807) is 0 Å². The predicted molar refractivity (Wildman–Crippen MR) is 62.5 cm³/mol. The van der Waals surface area contributed by atoms with E-state index in [1.165, 1.54) is 28.0 Å². The molecule has 1 fully saturated rings. The van der Waals surface area contributed by atoms with Gasteiger partial charge in [0.25, 0.3) is 0 Å². The Hall–Kier alpha value is 0.243. The van der Waals surface area contributed by atoms with E-state index >= 15 is 0 Å². The molecule has 2 nitrogen and oxygen atoms in total. The second kappa shape index (κ2) is 6.75. The first-order valence-electron chi connectivity index (χ1n) is 5.05. The molecule has 0 N–H and O–H groups in total. The molecule has 0 bridgehead atoms. The Morgan fingerprint density at radius 2 is 2.00 bits per heavy atom. The number of hydrogen-bond acceptors (Lipinski definition) is 2. The molecule has 1 aliphatic heterocycles. The number of ether oxygens (including phenoxy) is 1. The van der Waals surface area contributed by atoms with Crippen molar-refractivity contribution in [2.45, 2.75) is 6.54 Å². The fraction of sp³-hybridized carbons (Fsp3) is 0.455. The van der Waals surface area contributed by atoms with Crippen molar-refractivity contribution in [3.05, 3.63) is 29.8 Å². The van der Waals surface area contributed by atoms with Gasteiger partial charge in [-0.2, -0.15) is 0 Å². The average molecular weight is 323 g/mol. The first-order valence-corrected chi connectivity index (χ1v) is 6.54. The van der Waals surface area contributed by atoms with Crippen LogP contribution in [0.2, 0.25) is 0 Å². The summed E-state index contributed by atoms with van der Waals surface area (Å²) in [5, 5.41) is 0. The molecule has 0 spiro atoms. The van der Waals surface area contributed by atoms with Crippen molar-refractivity contribution in [1.82, 2.24) is 4.90 Å². The van der Waals surface area contributed by atoms with Crippen LogP contribution in [0, 0.1) is 0 Å². The van der Waals surface area contributed by atoms with Gasteiger partial charge in [-0.05, 0) is 0 Å². The second-order valence-electron chi connectivity index (χ2n) is 3.71. The van der Waals surface area contributed by atoms with Crippen LogP contribution in [0.25, 0.3) is 0 Å². The molecule has 0 aromatic heterocycles. The second-order valence-corrected chi connectivity index (χ2v) is 5.42. The molecule has 1 saturated heterocycles. The van der Waals surface area contributed by atoms with E-state index < -0.39 is 0 Å². The average Bonchev–Trinajstić information content (AvgIpc) is 2.19. The predicted octanol–water partition coefficient (Wildman–Crippen LogP) is 1.27. The van der Waals surface area contributed by atoms with Crippen LogP contribution in [0.4, 0.5) is 0 Å². The van der Waals surface area contributed by atoms with Crippen molar-refractivity contribution >= 4 is 21.1 Å². The first-order chi connectivity index (χ1) is 6.84. The zero-order valence-electron chi connectivity index (χ0n) is 8.82. The third-order valence-electron chi connectivity index (χ3n) is 2.50. The van der Waals surface area contributed by atoms with Gasteiger partial charge in [0.05, 0.1) is 0 Å². The quantitative estimate of drug-likeness (QED) is 0.761. The standard InChI is InChI=1S/C11H14NO.BrH.Zn/c1-2-4-11(5-3-1)10-12-6-8-13-9-7-12;;/h1-2,4-5H,6-10H2;1H;. The Kier molecular flexibility index (Phi) is 5.99. The van der Waals surface area contributed by atoms with Gasteiger partial charge in [-0.15, -0.1) is 17.0 Å². The van der Waals surface area contributed by atoms with Crippen LogP contribution in [-0.4, -0.2) is 31.2 Å². The fourth-order valence-electron chi connectivity index (χ4n) is 1.75. The summed E-state index contributed by atoms with van der Waals surface area (Å²) < 4.78 is 6.79. The van der Waals surface area contributed by atoms with E-state index in [4.69, 9.17) is 4.74 Å². The zero-order chi connectivity index (χ0) is 9.80. The third-order valence-corrected chi connectivity index (χ3v) is 3.42. The van der Waals surface area contributed by atoms with E-state index in [1.807, 2.05) is 0 Å². The molecule has 1 aromatic rings. The molecule has 79 valence electrons. The van der Waals surface area contributed by atoms with Crippen molar-refractivity contribution < 1.29 is 23.0 Å². The molecule has 0 aliphatic carbocycles. The molecule has 1 aliphatic rings. The molecule has 0 amide bonds. The maximum absolute atomic E-state index is 5.33. The van der Waals surface area contributed by atoms with E-state index in [0.717, 1.165) is 32.8 Å². The molecule has 0 atom stereocenters. The molecular weight excluding hydrogens is 307 g/mol. The summed E-state index contributed by atoms with van der Waals surface area (Å²) in [6, 6.07) is 8.89. The summed E-state index contributed by atoms with van der Waals surface area (Å²) in [5.74, 6) is 0. The number of halogens is 1. The van der Waals surface area contributed by atoms with Gasteiger partial charge in [0.1, 0.15) is 0 Å². The summed E-state index contributed by atoms with van der Waals surface area (Å²) in [5.41, 5.74) is 1.44. The van der Waals surface area contributed by atoms with Gasteiger partial charge in [0, 0.05) is 0 Å². The molecule has 1 heterocycles. The van der Waals surface area contributed by atoms with Crippen molar-refractivity contribution in [3.63, 3.8) is 0 Å². The molecule has 0 saturated carbocycles. The molecule has 2 rings (SSSR count). The Bertz CT molecular complexity index is 302. The van der Waals surface area contributed by atoms with Gasteiger partial charge in [0.15, 0.2) is 0 Å². The van der Waals surface area contributed by atoms with E-state index in [0.29, 0.717) is 0 Å². The van der Waals surface area contributed by atoms with Gasteiger partial charge in [-0.3, -0.25) is 0 Å². The Morgan fingerprint density at radius 3 is 2.67 bits per heavy atom. The van der Waals surface area contributed by atoms with Gasteiger partial charge < -0.3 is 0 Å². The van der Waals surface area contributed by atoms with Crippen LogP contribution >= 0.6 is 17.0 Å². The minimum absolute atomic E-state index is 0. The summed E-state index contributed by atoms with van der Waals surface area (Å²) in [6.07, 6.45) is 0. The maximum atomic E-state index is 5.33. The number of nitrogens with zero attached hydrogens (tertiary/aromatic N) is 1. The molecule has 4 heteroatoms. The zero-order valence-corrected chi connectivity index (χ0v) is 13.5. The normalized spacial score (nSPS) is 17.2.